The van der Waals surface area contributed by atoms with Crippen LogP contribution in [0, 0.1) is 0 Å². The Labute approximate surface area is 333 Å². The van der Waals surface area contributed by atoms with Gasteiger partial charge in [0.05, 0.1) is 39.7 Å². The molecule has 0 radical (unpaired) electrons. The maximum atomic E-state index is 13.7. The average Bonchev–Trinajstić information content (AvgIpc) is 3.70. The van der Waals surface area contributed by atoms with Gasteiger partial charge in [0, 0.05) is 24.2 Å². The van der Waals surface area contributed by atoms with Crippen molar-refractivity contribution in [3.05, 3.63) is 46.2 Å². The van der Waals surface area contributed by atoms with E-state index in [1.54, 1.807) is 0 Å². The van der Waals surface area contributed by atoms with E-state index in [2.05, 4.69) is 13.2 Å². The zero-order valence-corrected chi connectivity index (χ0v) is 33.5. The summed E-state index contributed by atoms with van der Waals surface area (Å²) < 4.78 is 31.2. The Balaban J connectivity index is 1.77. The number of hydrogen-bond acceptors (Lipinski definition) is 16. The summed E-state index contributed by atoms with van der Waals surface area (Å²) in [6.07, 6.45) is 1.54. The summed E-state index contributed by atoms with van der Waals surface area (Å²) in [6, 6.07) is 2.74. The van der Waals surface area contributed by atoms with Gasteiger partial charge in [0.2, 0.25) is 0 Å². The van der Waals surface area contributed by atoms with Gasteiger partial charge in [-0.05, 0) is 38.8 Å². The van der Waals surface area contributed by atoms with Crippen LogP contribution in [0.15, 0.2) is 56.0 Å². The molecule has 1 fully saturated rings. The number of fused-ring (bicyclic) bond motifs is 1. The second kappa shape index (κ2) is 22.5. The first-order chi connectivity index (χ1) is 26.7. The second-order valence-corrected chi connectivity index (χ2v) is 14.7. The number of carbonyl (C=O) groups excluding carboxylic acids is 8. The fourth-order valence-electron chi connectivity index (χ4n) is 4.72. The maximum absolute atomic E-state index is 13.7. The number of carbonyl (C=O) groups is 8. The Bertz CT molecular complexity index is 1650. The number of benzene rings is 1. The van der Waals surface area contributed by atoms with Crippen LogP contribution in [0.4, 0.5) is 0 Å². The zero-order valence-electron chi connectivity index (χ0n) is 31.9. The molecule has 0 bridgehead atoms. The smallest absolute Gasteiger partial charge is 0.333 e. The number of esters is 6. The Morgan fingerprint density at radius 1 is 0.589 bits per heavy atom. The first-order valence-electron chi connectivity index (χ1n) is 18.0. The van der Waals surface area contributed by atoms with Gasteiger partial charge in [-0.1, -0.05) is 63.4 Å². The lowest BCUT2D eigenvalue weighted by atomic mass is 10.3. The quantitative estimate of drug-likeness (QED) is 0.0379. The van der Waals surface area contributed by atoms with E-state index in [0.29, 0.717) is 30.2 Å². The Kier molecular flexibility index (Phi) is 18.2. The highest BCUT2D eigenvalue weighted by molar-refractivity contribution is 8.25. The van der Waals surface area contributed by atoms with Gasteiger partial charge in [-0.15, -0.1) is 0 Å². The second-order valence-electron chi connectivity index (χ2n) is 12.4. The molecule has 0 aliphatic carbocycles. The molecule has 3 rings (SSSR count). The number of thioether (sulfide) groups is 2. The number of hydrazine groups is 1. The molecule has 1 aromatic rings. The fourth-order valence-corrected chi connectivity index (χ4v) is 7.37. The third-order valence-electron chi connectivity index (χ3n) is 7.64. The van der Waals surface area contributed by atoms with Crippen molar-refractivity contribution in [1.82, 2.24) is 10.0 Å². The van der Waals surface area contributed by atoms with Crippen LogP contribution in [0.25, 0.3) is 0 Å². The van der Waals surface area contributed by atoms with E-state index in [9.17, 15) is 38.4 Å². The predicted molar refractivity (Wildman–Crippen MR) is 202 cm³/mol. The van der Waals surface area contributed by atoms with Gasteiger partial charge < -0.3 is 28.4 Å². The van der Waals surface area contributed by atoms with E-state index in [1.807, 2.05) is 13.8 Å². The molecule has 2 heterocycles. The highest BCUT2D eigenvalue weighted by Gasteiger charge is 2.44. The number of unbranched alkanes of at least 4 members (excludes halogenated alkanes) is 2. The number of nitrogens with zero attached hydrogens (tertiary/aromatic N) is 2. The Morgan fingerprint density at radius 3 is 1.30 bits per heavy atom. The minimum absolute atomic E-state index is 0.0254. The summed E-state index contributed by atoms with van der Waals surface area (Å²) in [5, 5.41) is 2.89. The first-order valence-corrected chi connectivity index (χ1v) is 19.6. The Morgan fingerprint density at radius 2 is 0.946 bits per heavy atom. The standard InChI is InChI=1S/C38H46N2O14S2/c1-7-9-17-39-34(45)31(35(46)40(39)18-10-8-2)38-55-32-25(53-29(43)15-13-27(41)49-19-21-51-36(47)23(3)4)11-12-26(33(32)56-38)54-30(44)16-14-28(42)50-20-22-52-37(48)24(5)6/h11-12H,3,5,7-10,13-22H2,1-2,4,6H3. The minimum atomic E-state index is -0.799. The molecule has 304 valence electrons. The van der Waals surface area contributed by atoms with E-state index >= 15 is 0 Å². The van der Waals surface area contributed by atoms with Crippen molar-refractivity contribution in [3.63, 3.8) is 0 Å². The molecule has 2 aliphatic rings. The van der Waals surface area contributed by atoms with Gasteiger partial charge in [-0.3, -0.25) is 28.8 Å². The molecule has 1 saturated heterocycles. The lowest BCUT2D eigenvalue weighted by molar-refractivity contribution is -0.151. The average molecular weight is 819 g/mol. The molecular weight excluding hydrogens is 773 g/mol. The van der Waals surface area contributed by atoms with Crippen LogP contribution in [0.3, 0.4) is 0 Å². The fraction of sp³-hybridized carbons (Fsp3) is 0.474. The van der Waals surface area contributed by atoms with Crippen molar-refractivity contribution < 1.29 is 66.8 Å². The SMILES string of the molecule is C=C(C)C(=O)OCCOC(=O)CCC(=O)Oc1ccc(OC(=O)CCC(=O)OCCOC(=O)C(=C)C)c2c1SC(=C1C(=O)N(CCCC)N(CCCC)C1=O)S2. The minimum Gasteiger partial charge on any atom is -0.462 e. The van der Waals surface area contributed by atoms with Crippen LogP contribution in [-0.4, -0.2) is 97.2 Å². The monoisotopic (exact) mass is 818 g/mol. The summed E-state index contributed by atoms with van der Waals surface area (Å²) in [5.74, 6) is -5.21. The van der Waals surface area contributed by atoms with Crippen molar-refractivity contribution >= 4 is 71.2 Å². The normalized spacial score (nSPS) is 13.3. The predicted octanol–water partition coefficient (Wildman–Crippen LogP) is 4.98. The molecule has 2 amide bonds. The number of ether oxygens (including phenoxy) is 6. The molecule has 0 N–H and O–H groups in total. The molecule has 2 aliphatic heterocycles. The molecule has 0 saturated carbocycles. The highest BCUT2D eigenvalue weighted by Crippen LogP contribution is 2.59. The molecule has 0 spiro atoms. The first kappa shape index (κ1) is 45.3. The zero-order chi connectivity index (χ0) is 41.4. The lowest BCUT2D eigenvalue weighted by Gasteiger charge is -2.27. The molecule has 0 aromatic heterocycles. The third-order valence-corrected chi connectivity index (χ3v) is 10.3. The van der Waals surface area contributed by atoms with E-state index < -0.39 is 47.6 Å². The molecule has 0 unspecified atom stereocenters. The van der Waals surface area contributed by atoms with Crippen molar-refractivity contribution in [1.29, 1.82) is 0 Å². The van der Waals surface area contributed by atoms with E-state index in [0.717, 1.165) is 36.4 Å². The van der Waals surface area contributed by atoms with Crippen molar-refractivity contribution in [2.24, 2.45) is 0 Å². The van der Waals surface area contributed by atoms with Gasteiger partial charge in [-0.25, -0.2) is 19.6 Å². The summed E-state index contributed by atoms with van der Waals surface area (Å²) >= 11 is 2.00. The highest BCUT2D eigenvalue weighted by atomic mass is 32.2. The maximum Gasteiger partial charge on any atom is 0.333 e. The Hall–Kier alpha value is -5.10. The van der Waals surface area contributed by atoms with Gasteiger partial charge >= 0.3 is 35.8 Å². The van der Waals surface area contributed by atoms with Crippen molar-refractivity contribution in [2.45, 2.75) is 88.9 Å². The number of hydrogen-bond donors (Lipinski definition) is 0. The van der Waals surface area contributed by atoms with Crippen LogP contribution in [-0.2, 0) is 57.3 Å². The van der Waals surface area contributed by atoms with Crippen LogP contribution >= 0.6 is 23.5 Å². The van der Waals surface area contributed by atoms with Crippen LogP contribution in [0.2, 0.25) is 0 Å². The third kappa shape index (κ3) is 13.3. The topological polar surface area (TPSA) is 198 Å². The molecule has 18 heteroatoms. The van der Waals surface area contributed by atoms with Gasteiger partial charge in [0.1, 0.15) is 43.5 Å². The summed E-state index contributed by atoms with van der Waals surface area (Å²) in [4.78, 5) is 101. The largest absolute Gasteiger partial charge is 0.462 e. The molecular formula is C38H46N2O14S2. The van der Waals surface area contributed by atoms with Crippen LogP contribution in [0.1, 0.15) is 79.1 Å². The molecule has 0 atom stereocenters. The molecule has 56 heavy (non-hydrogen) atoms. The van der Waals surface area contributed by atoms with Crippen LogP contribution in [0.5, 0.6) is 11.5 Å². The van der Waals surface area contributed by atoms with E-state index in [-0.39, 0.29) is 90.1 Å². The van der Waals surface area contributed by atoms with E-state index in [4.69, 9.17) is 28.4 Å². The molecule has 16 nitrogen and oxygen atoms in total. The molecule has 1 aromatic carbocycles. The summed E-state index contributed by atoms with van der Waals surface area (Å²) in [7, 11) is 0. The van der Waals surface area contributed by atoms with Gasteiger partial charge in [0.15, 0.2) is 0 Å². The van der Waals surface area contributed by atoms with Crippen LogP contribution < -0.4 is 9.47 Å². The number of amides is 2. The lowest BCUT2D eigenvalue weighted by Crippen LogP contribution is -2.42. The van der Waals surface area contributed by atoms with E-state index in [1.165, 1.54) is 36.0 Å². The summed E-state index contributed by atoms with van der Waals surface area (Å²) in [6.45, 7) is 13.7. The number of rotatable bonds is 22. The van der Waals surface area contributed by atoms with Crippen molar-refractivity contribution in [3.8, 4) is 11.5 Å². The van der Waals surface area contributed by atoms with Crippen molar-refractivity contribution in [2.75, 3.05) is 39.5 Å². The van der Waals surface area contributed by atoms with Gasteiger partial charge in [0.25, 0.3) is 11.8 Å². The summed E-state index contributed by atoms with van der Waals surface area (Å²) in [5.41, 5.74) is 0.319. The van der Waals surface area contributed by atoms with Gasteiger partial charge in [-0.2, -0.15) is 0 Å².